The van der Waals surface area contributed by atoms with Crippen LogP contribution >= 0.6 is 0 Å². The maximum absolute atomic E-state index is 12.5. The van der Waals surface area contributed by atoms with Crippen molar-refractivity contribution in [3.63, 3.8) is 0 Å². The first-order valence-electron chi connectivity index (χ1n) is 7.40. The Balaban J connectivity index is 2.80. The molecule has 21 heavy (non-hydrogen) atoms. The predicted octanol–water partition coefficient (Wildman–Crippen LogP) is 1.25. The molecule has 120 valence electrons. The average molecular weight is 298 g/mol. The smallest absolute Gasteiger partial charge is 0.326 e. The molecule has 2 N–H and O–H groups in total. The molecule has 1 aliphatic rings. The number of piperidine rings is 1. The summed E-state index contributed by atoms with van der Waals surface area (Å²) in [6.45, 7) is 9.17. The zero-order valence-corrected chi connectivity index (χ0v) is 13.5. The van der Waals surface area contributed by atoms with E-state index in [1.54, 1.807) is 27.7 Å². The predicted molar refractivity (Wildman–Crippen MR) is 78.6 cm³/mol. The third kappa shape index (κ3) is 4.19. The first-order valence-corrected chi connectivity index (χ1v) is 7.40. The van der Waals surface area contributed by atoms with Gasteiger partial charge in [0.1, 0.15) is 12.1 Å². The summed E-state index contributed by atoms with van der Waals surface area (Å²) in [6, 6.07) is -1.52. The fraction of sp³-hybridized carbons (Fsp3) is 0.800. The van der Waals surface area contributed by atoms with Crippen LogP contribution in [0.2, 0.25) is 0 Å². The quantitative estimate of drug-likeness (QED) is 0.821. The Labute approximate surface area is 125 Å². The maximum Gasteiger partial charge on any atom is 0.326 e. The van der Waals surface area contributed by atoms with Gasteiger partial charge in [-0.1, -0.05) is 27.7 Å². The molecule has 0 aromatic rings. The van der Waals surface area contributed by atoms with Gasteiger partial charge in [0.15, 0.2) is 0 Å². The molecule has 2 amide bonds. The molecular formula is C15H26N2O4. The first-order chi connectivity index (χ1) is 9.55. The molecule has 6 heteroatoms. The molecule has 1 saturated heterocycles. The van der Waals surface area contributed by atoms with Gasteiger partial charge in [-0.15, -0.1) is 0 Å². The Hall–Kier alpha value is -1.59. The van der Waals surface area contributed by atoms with Gasteiger partial charge in [0.25, 0.3) is 0 Å². The van der Waals surface area contributed by atoms with Gasteiger partial charge in [-0.3, -0.25) is 9.59 Å². The Morgan fingerprint density at radius 1 is 1.29 bits per heavy atom. The summed E-state index contributed by atoms with van der Waals surface area (Å²) in [5, 5.41) is 12.0. The second-order valence-corrected chi connectivity index (χ2v) is 6.88. The van der Waals surface area contributed by atoms with E-state index in [0.717, 1.165) is 12.8 Å². The van der Waals surface area contributed by atoms with Crippen molar-refractivity contribution in [2.24, 2.45) is 11.3 Å². The van der Waals surface area contributed by atoms with Crippen LogP contribution < -0.4 is 5.32 Å². The molecule has 1 heterocycles. The van der Waals surface area contributed by atoms with Gasteiger partial charge < -0.3 is 15.3 Å². The molecule has 1 aliphatic heterocycles. The van der Waals surface area contributed by atoms with E-state index in [1.807, 2.05) is 6.92 Å². The van der Waals surface area contributed by atoms with Gasteiger partial charge in [-0.05, 0) is 25.7 Å². The maximum atomic E-state index is 12.5. The summed E-state index contributed by atoms with van der Waals surface area (Å²) in [6.07, 6.45) is 1.58. The van der Waals surface area contributed by atoms with E-state index in [-0.39, 0.29) is 17.7 Å². The highest BCUT2D eigenvalue weighted by molar-refractivity contribution is 5.91. The number of carbonyl (C=O) groups excluding carboxylic acids is 2. The van der Waals surface area contributed by atoms with Crippen molar-refractivity contribution in [1.29, 1.82) is 0 Å². The highest BCUT2D eigenvalue weighted by Crippen LogP contribution is 2.24. The number of hydrogen-bond acceptors (Lipinski definition) is 3. The fourth-order valence-electron chi connectivity index (χ4n) is 2.54. The molecule has 3 unspecified atom stereocenters. The highest BCUT2D eigenvalue weighted by Gasteiger charge is 2.39. The van der Waals surface area contributed by atoms with Crippen molar-refractivity contribution in [3.05, 3.63) is 0 Å². The topological polar surface area (TPSA) is 86.7 Å². The number of hydrogen-bond donors (Lipinski definition) is 2. The third-order valence-corrected chi connectivity index (χ3v) is 3.87. The lowest BCUT2D eigenvalue weighted by atomic mass is 9.90. The molecule has 6 nitrogen and oxygen atoms in total. The molecule has 0 radical (unpaired) electrons. The van der Waals surface area contributed by atoms with Gasteiger partial charge in [0.05, 0.1) is 0 Å². The Morgan fingerprint density at radius 2 is 1.86 bits per heavy atom. The van der Waals surface area contributed by atoms with Crippen LogP contribution in [0, 0.1) is 11.3 Å². The van der Waals surface area contributed by atoms with Crippen LogP contribution in [0.25, 0.3) is 0 Å². The van der Waals surface area contributed by atoms with Gasteiger partial charge in [-0.2, -0.15) is 0 Å². The highest BCUT2D eigenvalue weighted by atomic mass is 16.4. The van der Waals surface area contributed by atoms with Crippen LogP contribution in [-0.2, 0) is 14.4 Å². The summed E-state index contributed by atoms with van der Waals surface area (Å²) in [5.41, 5.74) is -0.587. The van der Waals surface area contributed by atoms with Crippen molar-refractivity contribution in [1.82, 2.24) is 10.2 Å². The van der Waals surface area contributed by atoms with Crippen molar-refractivity contribution >= 4 is 17.8 Å². The summed E-state index contributed by atoms with van der Waals surface area (Å²) in [7, 11) is 0. The zero-order valence-electron chi connectivity index (χ0n) is 13.5. The average Bonchev–Trinajstić information content (AvgIpc) is 2.35. The molecule has 0 aliphatic carbocycles. The number of amides is 2. The van der Waals surface area contributed by atoms with Crippen LogP contribution in [0.15, 0.2) is 0 Å². The number of nitrogens with one attached hydrogen (secondary N) is 1. The Morgan fingerprint density at radius 3 is 2.33 bits per heavy atom. The lowest BCUT2D eigenvalue weighted by molar-refractivity contribution is -0.155. The summed E-state index contributed by atoms with van der Waals surface area (Å²) >= 11 is 0. The summed E-state index contributed by atoms with van der Waals surface area (Å²) < 4.78 is 0. The molecule has 0 saturated carbocycles. The van der Waals surface area contributed by atoms with E-state index in [4.69, 9.17) is 0 Å². The monoisotopic (exact) mass is 298 g/mol. The minimum absolute atomic E-state index is 0.0780. The van der Waals surface area contributed by atoms with Gasteiger partial charge >= 0.3 is 5.97 Å². The van der Waals surface area contributed by atoms with Crippen LogP contribution in [0.5, 0.6) is 0 Å². The SMILES string of the molecule is CC(NC(=O)C(C)(C)C)C(=O)N1CCCC(C)C1C(=O)O. The number of carboxylic acids is 1. The molecule has 0 bridgehead atoms. The van der Waals surface area contributed by atoms with E-state index >= 15 is 0 Å². The normalized spacial score (nSPS) is 24.3. The van der Waals surface area contributed by atoms with E-state index in [1.165, 1.54) is 4.90 Å². The Kier molecular flexibility index (Phi) is 5.36. The van der Waals surface area contributed by atoms with Crippen molar-refractivity contribution in [2.45, 2.75) is 59.5 Å². The van der Waals surface area contributed by atoms with Crippen molar-refractivity contribution in [3.8, 4) is 0 Å². The molecule has 0 aromatic heterocycles. The van der Waals surface area contributed by atoms with Crippen molar-refractivity contribution < 1.29 is 19.5 Å². The van der Waals surface area contributed by atoms with Crippen LogP contribution in [0.1, 0.15) is 47.5 Å². The van der Waals surface area contributed by atoms with E-state index < -0.39 is 23.5 Å². The number of carboxylic acid groups (broad SMARTS) is 1. The summed E-state index contributed by atoms with van der Waals surface area (Å²) in [5.74, 6) is -1.61. The second-order valence-electron chi connectivity index (χ2n) is 6.88. The van der Waals surface area contributed by atoms with Crippen LogP contribution in [0.3, 0.4) is 0 Å². The van der Waals surface area contributed by atoms with E-state index in [0.29, 0.717) is 6.54 Å². The molecule has 0 aromatic carbocycles. The molecule has 1 fully saturated rings. The lowest BCUT2D eigenvalue weighted by Gasteiger charge is -2.38. The van der Waals surface area contributed by atoms with E-state index in [2.05, 4.69) is 5.32 Å². The minimum atomic E-state index is -0.982. The van der Waals surface area contributed by atoms with Crippen LogP contribution in [-0.4, -0.2) is 46.4 Å². The number of aliphatic carboxylic acids is 1. The van der Waals surface area contributed by atoms with Gasteiger partial charge in [0, 0.05) is 12.0 Å². The second kappa shape index (κ2) is 6.45. The van der Waals surface area contributed by atoms with E-state index in [9.17, 15) is 19.5 Å². The molecule has 1 rings (SSSR count). The largest absolute Gasteiger partial charge is 0.480 e. The zero-order chi connectivity index (χ0) is 16.4. The number of nitrogens with zero attached hydrogens (tertiary/aromatic N) is 1. The molecule has 0 spiro atoms. The Bertz CT molecular complexity index is 428. The fourth-order valence-corrected chi connectivity index (χ4v) is 2.54. The number of rotatable bonds is 3. The lowest BCUT2D eigenvalue weighted by Crippen LogP contribution is -2.57. The number of carbonyl (C=O) groups is 3. The van der Waals surface area contributed by atoms with Crippen molar-refractivity contribution in [2.75, 3.05) is 6.54 Å². The van der Waals surface area contributed by atoms with Crippen LogP contribution in [0.4, 0.5) is 0 Å². The summed E-state index contributed by atoms with van der Waals surface area (Å²) in [4.78, 5) is 37.2. The molecule has 3 atom stereocenters. The standard InChI is InChI=1S/C15H26N2O4/c1-9-7-6-8-17(11(9)13(19)20)12(18)10(2)16-14(21)15(3,4)5/h9-11H,6-8H2,1-5H3,(H,16,21)(H,19,20). The minimum Gasteiger partial charge on any atom is -0.480 e. The van der Waals surface area contributed by atoms with Gasteiger partial charge in [0.2, 0.25) is 11.8 Å². The molecular weight excluding hydrogens is 272 g/mol. The van der Waals surface area contributed by atoms with Gasteiger partial charge in [-0.25, -0.2) is 4.79 Å². The first kappa shape index (κ1) is 17.5. The third-order valence-electron chi connectivity index (χ3n) is 3.87. The number of likely N-dealkylation sites (tertiary alicyclic amines) is 1.